The zero-order valence-corrected chi connectivity index (χ0v) is 14.5. The standard InChI is InChI=1S/C15H11BrCl2O4/c1-21-13-6-8(15(19)20)5-10(16)14(13)22-7-9-11(17)3-2-4-12(9)18/h2-6H,7H2,1H3,(H,19,20). The van der Waals surface area contributed by atoms with Gasteiger partial charge in [0.05, 0.1) is 17.1 Å². The van der Waals surface area contributed by atoms with Crippen molar-refractivity contribution >= 4 is 45.1 Å². The molecule has 0 aromatic heterocycles. The van der Waals surface area contributed by atoms with Crippen molar-refractivity contribution < 1.29 is 19.4 Å². The van der Waals surface area contributed by atoms with Gasteiger partial charge in [-0.15, -0.1) is 0 Å². The Morgan fingerprint density at radius 2 is 1.91 bits per heavy atom. The summed E-state index contributed by atoms with van der Waals surface area (Å²) in [4.78, 5) is 11.0. The lowest BCUT2D eigenvalue weighted by Gasteiger charge is -2.14. The maximum atomic E-state index is 11.0. The number of aromatic carboxylic acids is 1. The molecule has 7 heteroatoms. The van der Waals surface area contributed by atoms with E-state index in [9.17, 15) is 4.79 Å². The highest BCUT2D eigenvalue weighted by molar-refractivity contribution is 9.10. The van der Waals surface area contributed by atoms with Crippen LogP contribution in [0.2, 0.25) is 10.0 Å². The SMILES string of the molecule is COc1cc(C(=O)O)cc(Br)c1OCc1c(Cl)cccc1Cl. The molecule has 0 saturated carbocycles. The van der Waals surface area contributed by atoms with Crippen LogP contribution in [0.4, 0.5) is 0 Å². The van der Waals surface area contributed by atoms with Crippen LogP contribution in [-0.2, 0) is 6.61 Å². The van der Waals surface area contributed by atoms with Crippen molar-refractivity contribution in [3.63, 3.8) is 0 Å². The van der Waals surface area contributed by atoms with Gasteiger partial charge in [0, 0.05) is 15.6 Å². The first-order valence-electron chi connectivity index (χ1n) is 6.10. The fourth-order valence-corrected chi connectivity index (χ4v) is 2.86. The second-order valence-corrected chi connectivity index (χ2v) is 5.95. The molecule has 22 heavy (non-hydrogen) atoms. The molecular formula is C15H11BrCl2O4. The first kappa shape index (κ1) is 16.9. The molecule has 0 amide bonds. The summed E-state index contributed by atoms with van der Waals surface area (Å²) in [5, 5.41) is 10.0. The van der Waals surface area contributed by atoms with Crippen molar-refractivity contribution in [2.75, 3.05) is 7.11 Å². The van der Waals surface area contributed by atoms with E-state index >= 15 is 0 Å². The third-order valence-electron chi connectivity index (χ3n) is 2.90. The number of carboxylic acids is 1. The van der Waals surface area contributed by atoms with Gasteiger partial charge in [0.15, 0.2) is 11.5 Å². The number of rotatable bonds is 5. The summed E-state index contributed by atoms with van der Waals surface area (Å²) in [7, 11) is 1.43. The Bertz CT molecular complexity index is 699. The van der Waals surface area contributed by atoms with Crippen molar-refractivity contribution in [3.8, 4) is 11.5 Å². The third-order valence-corrected chi connectivity index (χ3v) is 4.20. The number of benzene rings is 2. The minimum absolute atomic E-state index is 0.0897. The number of hydrogen-bond donors (Lipinski definition) is 1. The fourth-order valence-electron chi connectivity index (χ4n) is 1.80. The molecule has 0 aliphatic heterocycles. The molecule has 2 rings (SSSR count). The van der Waals surface area contributed by atoms with E-state index in [-0.39, 0.29) is 12.2 Å². The van der Waals surface area contributed by atoms with Gasteiger partial charge >= 0.3 is 5.97 Å². The summed E-state index contributed by atoms with van der Waals surface area (Å²) in [6, 6.07) is 8.00. The van der Waals surface area contributed by atoms with E-state index in [4.69, 9.17) is 37.8 Å². The van der Waals surface area contributed by atoms with E-state index in [2.05, 4.69) is 15.9 Å². The number of methoxy groups -OCH3 is 1. The number of carboxylic acid groups (broad SMARTS) is 1. The molecule has 0 atom stereocenters. The van der Waals surface area contributed by atoms with Crippen LogP contribution < -0.4 is 9.47 Å². The van der Waals surface area contributed by atoms with Crippen LogP contribution in [0.3, 0.4) is 0 Å². The molecule has 0 fully saturated rings. The molecule has 0 unspecified atom stereocenters. The molecule has 116 valence electrons. The predicted octanol–water partition coefficient (Wildman–Crippen LogP) is 5.04. The quantitative estimate of drug-likeness (QED) is 0.756. The molecule has 4 nitrogen and oxygen atoms in total. The van der Waals surface area contributed by atoms with Crippen LogP contribution in [0.15, 0.2) is 34.8 Å². The Hall–Kier alpha value is -1.43. The topological polar surface area (TPSA) is 55.8 Å². The van der Waals surface area contributed by atoms with E-state index in [1.807, 2.05) is 0 Å². The van der Waals surface area contributed by atoms with E-state index in [1.54, 1.807) is 18.2 Å². The van der Waals surface area contributed by atoms with Crippen LogP contribution in [0.25, 0.3) is 0 Å². The highest BCUT2D eigenvalue weighted by Crippen LogP contribution is 2.38. The van der Waals surface area contributed by atoms with Crippen LogP contribution >= 0.6 is 39.1 Å². The smallest absolute Gasteiger partial charge is 0.335 e. The first-order valence-corrected chi connectivity index (χ1v) is 7.65. The summed E-state index contributed by atoms with van der Waals surface area (Å²) < 4.78 is 11.4. The molecule has 1 N–H and O–H groups in total. The molecule has 0 heterocycles. The fraction of sp³-hybridized carbons (Fsp3) is 0.133. The van der Waals surface area contributed by atoms with Gasteiger partial charge in [0.25, 0.3) is 0 Å². The van der Waals surface area contributed by atoms with Crippen molar-refractivity contribution in [2.24, 2.45) is 0 Å². The average Bonchev–Trinajstić information content (AvgIpc) is 2.47. The highest BCUT2D eigenvalue weighted by Gasteiger charge is 2.16. The largest absolute Gasteiger partial charge is 0.493 e. The van der Waals surface area contributed by atoms with Gasteiger partial charge < -0.3 is 14.6 Å². The van der Waals surface area contributed by atoms with E-state index < -0.39 is 5.97 Å². The Labute approximate surface area is 145 Å². The molecule has 2 aromatic rings. The third kappa shape index (κ3) is 3.66. The lowest BCUT2D eigenvalue weighted by Crippen LogP contribution is -2.03. The number of halogens is 3. The summed E-state index contributed by atoms with van der Waals surface area (Å²) in [5.74, 6) is -0.377. The zero-order valence-electron chi connectivity index (χ0n) is 11.4. The minimum Gasteiger partial charge on any atom is -0.493 e. The lowest BCUT2D eigenvalue weighted by molar-refractivity contribution is 0.0696. The maximum Gasteiger partial charge on any atom is 0.335 e. The van der Waals surface area contributed by atoms with Crippen molar-refractivity contribution in [1.82, 2.24) is 0 Å². The van der Waals surface area contributed by atoms with Crippen molar-refractivity contribution in [2.45, 2.75) is 6.61 Å². The van der Waals surface area contributed by atoms with Gasteiger partial charge in [-0.05, 0) is 40.2 Å². The van der Waals surface area contributed by atoms with Gasteiger partial charge in [-0.25, -0.2) is 4.79 Å². The molecule has 0 spiro atoms. The van der Waals surface area contributed by atoms with E-state index in [0.29, 0.717) is 31.6 Å². The predicted molar refractivity (Wildman–Crippen MR) is 88.4 cm³/mol. The second kappa shape index (κ2) is 7.22. The molecule has 0 saturated heterocycles. The van der Waals surface area contributed by atoms with Crippen LogP contribution in [-0.4, -0.2) is 18.2 Å². The summed E-state index contributed by atoms with van der Waals surface area (Å²) in [6.07, 6.45) is 0. The molecule has 0 aliphatic rings. The monoisotopic (exact) mass is 404 g/mol. The van der Waals surface area contributed by atoms with Crippen LogP contribution in [0.5, 0.6) is 11.5 Å². The first-order chi connectivity index (χ1) is 10.4. The number of carbonyl (C=O) groups is 1. The summed E-state index contributed by atoms with van der Waals surface area (Å²) >= 11 is 15.5. The molecule has 2 aromatic carbocycles. The van der Waals surface area contributed by atoms with Gasteiger partial charge in [0.1, 0.15) is 6.61 Å². The maximum absolute atomic E-state index is 11.0. The Balaban J connectivity index is 2.32. The van der Waals surface area contributed by atoms with Crippen molar-refractivity contribution in [1.29, 1.82) is 0 Å². The normalized spacial score (nSPS) is 10.4. The number of hydrogen-bond acceptors (Lipinski definition) is 3. The Kier molecular flexibility index (Phi) is 5.56. The zero-order chi connectivity index (χ0) is 16.3. The van der Waals surface area contributed by atoms with E-state index in [0.717, 1.165) is 0 Å². The molecule has 0 bridgehead atoms. The summed E-state index contributed by atoms with van der Waals surface area (Å²) in [5.41, 5.74) is 0.731. The van der Waals surface area contributed by atoms with Crippen molar-refractivity contribution in [3.05, 3.63) is 56.0 Å². The van der Waals surface area contributed by atoms with Crippen LogP contribution in [0, 0.1) is 0 Å². The van der Waals surface area contributed by atoms with Crippen LogP contribution in [0.1, 0.15) is 15.9 Å². The van der Waals surface area contributed by atoms with Gasteiger partial charge in [-0.1, -0.05) is 29.3 Å². The molecular weight excluding hydrogens is 395 g/mol. The number of ether oxygens (including phenoxy) is 2. The van der Waals surface area contributed by atoms with Gasteiger partial charge in [0.2, 0.25) is 0 Å². The highest BCUT2D eigenvalue weighted by atomic mass is 79.9. The Morgan fingerprint density at radius 1 is 1.27 bits per heavy atom. The lowest BCUT2D eigenvalue weighted by atomic mass is 10.2. The molecule has 0 aliphatic carbocycles. The average molecular weight is 406 g/mol. The van der Waals surface area contributed by atoms with Gasteiger partial charge in [-0.3, -0.25) is 0 Å². The second-order valence-electron chi connectivity index (χ2n) is 4.28. The minimum atomic E-state index is -1.06. The summed E-state index contributed by atoms with van der Waals surface area (Å²) in [6.45, 7) is 0.125. The Morgan fingerprint density at radius 3 is 2.45 bits per heavy atom. The van der Waals surface area contributed by atoms with E-state index in [1.165, 1.54) is 19.2 Å². The van der Waals surface area contributed by atoms with Gasteiger partial charge in [-0.2, -0.15) is 0 Å². The molecule has 0 radical (unpaired) electrons.